The molecule has 3 nitrogen and oxygen atoms in total. The minimum atomic E-state index is -0.267. The summed E-state index contributed by atoms with van der Waals surface area (Å²) >= 11 is 0. The second-order valence-electron chi connectivity index (χ2n) is 8.90. The second kappa shape index (κ2) is 7.50. The number of allylic oxidation sites excluding steroid dienone is 2. The summed E-state index contributed by atoms with van der Waals surface area (Å²) in [6.07, 6.45) is 6.68. The van der Waals surface area contributed by atoms with Crippen LogP contribution >= 0.6 is 0 Å². The van der Waals surface area contributed by atoms with Gasteiger partial charge in [0, 0.05) is 0 Å². The van der Waals surface area contributed by atoms with Crippen LogP contribution in [0.25, 0.3) is 0 Å². The number of ether oxygens (including phenoxy) is 1. The topological polar surface area (TPSA) is 27.7 Å². The van der Waals surface area contributed by atoms with Crippen molar-refractivity contribution < 1.29 is 14.0 Å². The molecule has 1 aliphatic carbocycles. The summed E-state index contributed by atoms with van der Waals surface area (Å²) in [5.41, 5.74) is 2.24. The van der Waals surface area contributed by atoms with Crippen LogP contribution in [-0.4, -0.2) is 24.9 Å². The Hall–Kier alpha value is -1.10. The van der Waals surface area contributed by atoms with E-state index in [1.165, 1.54) is 11.0 Å². The highest BCUT2D eigenvalue weighted by atomic mass is 16.7. The highest BCUT2D eigenvalue weighted by molar-refractivity contribution is 6.54. The van der Waals surface area contributed by atoms with Gasteiger partial charge in [0.05, 0.1) is 24.4 Å². The minimum Gasteiger partial charge on any atom is -0.400 e. The zero-order valence-electron chi connectivity index (χ0n) is 17.0. The molecule has 1 fully saturated rings. The molecule has 2 aliphatic rings. The molecule has 1 aromatic carbocycles. The Labute approximate surface area is 159 Å². The van der Waals surface area contributed by atoms with E-state index in [4.69, 9.17) is 14.0 Å². The molecule has 4 heteroatoms. The van der Waals surface area contributed by atoms with Gasteiger partial charge in [-0.3, -0.25) is 0 Å². The summed E-state index contributed by atoms with van der Waals surface area (Å²) < 4.78 is 18.5. The summed E-state index contributed by atoms with van der Waals surface area (Å²) in [6, 6.07) is 10.4. The summed E-state index contributed by atoms with van der Waals surface area (Å²) in [5.74, 6) is 0. The standard InChI is InChI=1S/C22H33BO3/c1-6-22(17-24-16-18-10-8-7-9-11-18)14-12-19(13-15-22)23-25-20(2,3)21(4,5)26-23/h7-12H,6,13-17H2,1-5H3. The first-order valence-corrected chi connectivity index (χ1v) is 9.93. The number of rotatable bonds is 6. The summed E-state index contributed by atoms with van der Waals surface area (Å²) in [6.45, 7) is 12.2. The maximum Gasteiger partial charge on any atom is 0.490 e. The first kappa shape index (κ1) is 19.7. The Morgan fingerprint density at radius 2 is 1.69 bits per heavy atom. The van der Waals surface area contributed by atoms with Crippen molar-refractivity contribution in [1.82, 2.24) is 0 Å². The van der Waals surface area contributed by atoms with Crippen molar-refractivity contribution in [3.8, 4) is 0 Å². The third-order valence-electron chi connectivity index (χ3n) is 6.57. The lowest BCUT2D eigenvalue weighted by Crippen LogP contribution is -2.41. The molecule has 3 rings (SSSR count). The van der Waals surface area contributed by atoms with Crippen molar-refractivity contribution in [2.24, 2.45) is 5.41 Å². The van der Waals surface area contributed by atoms with Gasteiger partial charge < -0.3 is 14.0 Å². The van der Waals surface area contributed by atoms with Gasteiger partial charge in [-0.1, -0.05) is 43.3 Å². The Kier molecular flexibility index (Phi) is 5.67. The molecule has 1 aromatic rings. The van der Waals surface area contributed by atoms with Crippen molar-refractivity contribution >= 4 is 7.12 Å². The lowest BCUT2D eigenvalue weighted by molar-refractivity contribution is 0.00578. The van der Waals surface area contributed by atoms with Crippen molar-refractivity contribution in [1.29, 1.82) is 0 Å². The fourth-order valence-corrected chi connectivity index (χ4v) is 3.68. The van der Waals surface area contributed by atoms with Crippen molar-refractivity contribution in [3.63, 3.8) is 0 Å². The number of benzene rings is 1. The van der Waals surface area contributed by atoms with Gasteiger partial charge in [0.25, 0.3) is 0 Å². The largest absolute Gasteiger partial charge is 0.490 e. The van der Waals surface area contributed by atoms with Crippen LogP contribution in [0.1, 0.15) is 65.9 Å². The van der Waals surface area contributed by atoms with Crippen LogP contribution < -0.4 is 0 Å². The lowest BCUT2D eigenvalue weighted by Gasteiger charge is -2.36. The lowest BCUT2D eigenvalue weighted by atomic mass is 9.65. The van der Waals surface area contributed by atoms with E-state index in [1.54, 1.807) is 0 Å². The molecular formula is C22H33BO3. The van der Waals surface area contributed by atoms with E-state index in [0.29, 0.717) is 6.61 Å². The van der Waals surface area contributed by atoms with Crippen LogP contribution in [0.3, 0.4) is 0 Å². The van der Waals surface area contributed by atoms with Gasteiger partial charge in [-0.05, 0) is 69.8 Å². The highest BCUT2D eigenvalue weighted by Crippen LogP contribution is 2.44. The van der Waals surface area contributed by atoms with Crippen LogP contribution in [0.4, 0.5) is 0 Å². The van der Waals surface area contributed by atoms with E-state index in [2.05, 4.69) is 65.0 Å². The first-order valence-electron chi connectivity index (χ1n) is 9.93. The predicted molar refractivity (Wildman–Crippen MR) is 107 cm³/mol. The fourth-order valence-electron chi connectivity index (χ4n) is 3.68. The fraction of sp³-hybridized carbons (Fsp3) is 0.636. The van der Waals surface area contributed by atoms with Gasteiger partial charge in [0.2, 0.25) is 0 Å². The van der Waals surface area contributed by atoms with E-state index >= 15 is 0 Å². The quantitative estimate of drug-likeness (QED) is 0.644. The van der Waals surface area contributed by atoms with Crippen molar-refractivity contribution in [2.45, 2.75) is 78.1 Å². The zero-order chi connectivity index (χ0) is 18.8. The third kappa shape index (κ3) is 4.08. The Morgan fingerprint density at radius 3 is 2.23 bits per heavy atom. The molecule has 1 saturated heterocycles. The molecule has 1 heterocycles. The predicted octanol–water partition coefficient (Wildman–Crippen LogP) is 5.34. The molecule has 1 unspecified atom stereocenters. The Bertz CT molecular complexity index is 622. The smallest absolute Gasteiger partial charge is 0.400 e. The molecule has 1 atom stereocenters. The SMILES string of the molecule is CCC1(COCc2ccccc2)CC=C(B2OC(C)(C)C(C)(C)O2)CC1. The molecule has 0 amide bonds. The van der Waals surface area contributed by atoms with Crippen molar-refractivity contribution in [2.75, 3.05) is 6.61 Å². The van der Waals surface area contributed by atoms with Crippen LogP contribution in [0.5, 0.6) is 0 Å². The summed E-state index contributed by atoms with van der Waals surface area (Å²) in [5, 5.41) is 0. The van der Waals surface area contributed by atoms with E-state index in [1.807, 2.05) is 6.07 Å². The Morgan fingerprint density at radius 1 is 1.04 bits per heavy atom. The molecule has 0 N–H and O–H groups in total. The minimum absolute atomic E-state index is 0.194. The molecule has 0 aromatic heterocycles. The summed E-state index contributed by atoms with van der Waals surface area (Å²) in [7, 11) is -0.194. The van der Waals surface area contributed by atoms with E-state index in [9.17, 15) is 0 Å². The molecular weight excluding hydrogens is 323 g/mol. The average Bonchev–Trinajstić information content (AvgIpc) is 2.84. The number of hydrogen-bond donors (Lipinski definition) is 0. The monoisotopic (exact) mass is 356 g/mol. The average molecular weight is 356 g/mol. The van der Waals surface area contributed by atoms with Crippen LogP contribution in [0.2, 0.25) is 0 Å². The Balaban J connectivity index is 1.58. The highest BCUT2D eigenvalue weighted by Gasteiger charge is 2.52. The zero-order valence-corrected chi connectivity index (χ0v) is 17.0. The maximum absolute atomic E-state index is 6.22. The van der Waals surface area contributed by atoms with E-state index in [-0.39, 0.29) is 23.7 Å². The molecule has 0 saturated carbocycles. The molecule has 1 aliphatic heterocycles. The third-order valence-corrected chi connectivity index (χ3v) is 6.57. The van der Waals surface area contributed by atoms with Crippen molar-refractivity contribution in [3.05, 3.63) is 47.4 Å². The molecule has 0 spiro atoms. The maximum atomic E-state index is 6.22. The molecule has 142 valence electrons. The normalized spacial score (nSPS) is 27.4. The van der Waals surface area contributed by atoms with E-state index in [0.717, 1.165) is 32.3 Å². The van der Waals surface area contributed by atoms with Crippen LogP contribution in [-0.2, 0) is 20.7 Å². The second-order valence-corrected chi connectivity index (χ2v) is 8.90. The van der Waals surface area contributed by atoms with E-state index < -0.39 is 0 Å². The van der Waals surface area contributed by atoms with Gasteiger partial charge >= 0.3 is 7.12 Å². The first-order chi connectivity index (χ1) is 12.3. The van der Waals surface area contributed by atoms with Gasteiger partial charge in [-0.15, -0.1) is 0 Å². The molecule has 0 radical (unpaired) electrons. The van der Waals surface area contributed by atoms with Gasteiger partial charge in [0.1, 0.15) is 0 Å². The van der Waals surface area contributed by atoms with Crippen LogP contribution in [0, 0.1) is 5.41 Å². The molecule has 26 heavy (non-hydrogen) atoms. The summed E-state index contributed by atoms with van der Waals surface area (Å²) in [4.78, 5) is 0. The van der Waals surface area contributed by atoms with Gasteiger partial charge in [0.15, 0.2) is 0 Å². The molecule has 0 bridgehead atoms. The van der Waals surface area contributed by atoms with Crippen LogP contribution in [0.15, 0.2) is 41.9 Å². The van der Waals surface area contributed by atoms with Gasteiger partial charge in [-0.2, -0.15) is 0 Å². The number of hydrogen-bond acceptors (Lipinski definition) is 3. The van der Waals surface area contributed by atoms with Gasteiger partial charge in [-0.25, -0.2) is 0 Å².